The van der Waals surface area contributed by atoms with Gasteiger partial charge in [0.1, 0.15) is 10.3 Å². The molecule has 11 heteroatoms. The van der Waals surface area contributed by atoms with Crippen molar-refractivity contribution in [3.8, 4) is 0 Å². The molecule has 2 unspecified atom stereocenters. The minimum Gasteiger partial charge on any atom is -0.379 e. The van der Waals surface area contributed by atoms with E-state index in [4.69, 9.17) is 4.74 Å². The van der Waals surface area contributed by atoms with Gasteiger partial charge in [0.2, 0.25) is 5.91 Å². The van der Waals surface area contributed by atoms with Crippen LogP contribution in [0.5, 0.6) is 0 Å². The zero-order chi connectivity index (χ0) is 28.2. The Morgan fingerprint density at radius 3 is 2.65 bits per heavy atom. The smallest absolute Gasteiger partial charge is 0.273 e. The number of thiophene rings is 1. The predicted octanol–water partition coefficient (Wildman–Crippen LogP) is 4.05. The van der Waals surface area contributed by atoms with Crippen molar-refractivity contribution in [2.24, 2.45) is 0 Å². The van der Waals surface area contributed by atoms with Gasteiger partial charge in [-0.25, -0.2) is 8.42 Å². The first-order valence-corrected chi connectivity index (χ1v) is 16.7. The standard InChI is InChI=1S/C29H36N4O4S3/c1-29(21-33-13-15-37-16-14-33,39-19-22-8-4-3-5-9-22)20-30-28(34)24-18-23-10-6-11-25(27(23)31-24)32(2)40(35,36)26-12-7-17-38-26/h3-12,17,24,31H,13-16,18-21H2,1-2H3,(H,30,34). The van der Waals surface area contributed by atoms with Crippen molar-refractivity contribution in [3.63, 3.8) is 0 Å². The number of amides is 1. The monoisotopic (exact) mass is 600 g/mol. The van der Waals surface area contributed by atoms with Crippen molar-refractivity contribution < 1.29 is 17.9 Å². The van der Waals surface area contributed by atoms with Crippen molar-refractivity contribution in [1.29, 1.82) is 0 Å². The molecule has 1 amide bonds. The van der Waals surface area contributed by atoms with Crippen molar-refractivity contribution >= 4 is 50.4 Å². The number of carbonyl (C=O) groups is 1. The fourth-order valence-corrected chi connectivity index (χ4v) is 8.60. The number of carbonyl (C=O) groups excluding carboxylic acids is 1. The van der Waals surface area contributed by atoms with Gasteiger partial charge in [0, 0.05) is 50.1 Å². The third-order valence-electron chi connectivity index (χ3n) is 7.37. The number of nitrogens with zero attached hydrogens (tertiary/aromatic N) is 2. The number of anilines is 2. The molecular formula is C29H36N4O4S3. The Hall–Kier alpha value is -2.57. The lowest BCUT2D eigenvalue weighted by Gasteiger charge is -2.37. The second-order valence-corrected chi connectivity index (χ2v) is 15.2. The number of benzene rings is 2. The van der Waals surface area contributed by atoms with Gasteiger partial charge in [0.05, 0.1) is 24.6 Å². The highest BCUT2D eigenvalue weighted by atomic mass is 32.2. The molecule has 1 fully saturated rings. The number of sulfonamides is 1. The highest BCUT2D eigenvalue weighted by Gasteiger charge is 2.34. The summed E-state index contributed by atoms with van der Waals surface area (Å²) in [6, 6.07) is 18.8. The van der Waals surface area contributed by atoms with Gasteiger partial charge in [-0.2, -0.15) is 0 Å². The lowest BCUT2D eigenvalue weighted by atomic mass is 10.1. The van der Waals surface area contributed by atoms with E-state index in [1.54, 1.807) is 30.6 Å². The number of hydrogen-bond acceptors (Lipinski definition) is 8. The van der Waals surface area contributed by atoms with Crippen LogP contribution in [0.1, 0.15) is 18.1 Å². The molecule has 5 rings (SSSR count). The number of nitrogens with one attached hydrogen (secondary N) is 2. The largest absolute Gasteiger partial charge is 0.379 e. The van der Waals surface area contributed by atoms with Gasteiger partial charge in [-0.3, -0.25) is 14.0 Å². The summed E-state index contributed by atoms with van der Waals surface area (Å²) in [5.74, 6) is 0.776. The van der Waals surface area contributed by atoms with Gasteiger partial charge < -0.3 is 15.4 Å². The molecule has 0 saturated carbocycles. The van der Waals surface area contributed by atoms with E-state index >= 15 is 0 Å². The molecule has 214 valence electrons. The molecule has 0 spiro atoms. The van der Waals surface area contributed by atoms with Crippen molar-refractivity contribution in [3.05, 3.63) is 77.2 Å². The van der Waals surface area contributed by atoms with Gasteiger partial charge in [-0.15, -0.1) is 23.1 Å². The van der Waals surface area contributed by atoms with Gasteiger partial charge in [-0.05, 0) is 35.6 Å². The summed E-state index contributed by atoms with van der Waals surface area (Å²) in [6.07, 6.45) is 0.499. The molecule has 2 aliphatic rings. The van der Waals surface area contributed by atoms with E-state index in [0.29, 0.717) is 24.3 Å². The molecule has 3 aromatic rings. The third-order valence-corrected chi connectivity index (χ3v) is 12.0. The van der Waals surface area contributed by atoms with E-state index in [-0.39, 0.29) is 14.9 Å². The molecule has 40 heavy (non-hydrogen) atoms. The zero-order valence-electron chi connectivity index (χ0n) is 22.8. The molecule has 3 heterocycles. The zero-order valence-corrected chi connectivity index (χ0v) is 25.3. The maximum atomic E-state index is 13.4. The maximum Gasteiger partial charge on any atom is 0.273 e. The first kappa shape index (κ1) is 28.9. The minimum atomic E-state index is -3.69. The van der Waals surface area contributed by atoms with Crippen LogP contribution < -0.4 is 14.9 Å². The SMILES string of the molecule is CN(c1cccc2c1NC(C(=O)NCC(C)(CN1CCOCC1)SCc1ccccc1)C2)S(=O)(=O)c1cccs1. The summed E-state index contributed by atoms with van der Waals surface area (Å²) >= 11 is 3.05. The predicted molar refractivity (Wildman–Crippen MR) is 164 cm³/mol. The van der Waals surface area contributed by atoms with E-state index in [2.05, 4.69) is 46.7 Å². The minimum absolute atomic E-state index is 0.0839. The second kappa shape index (κ2) is 12.5. The molecule has 2 atom stereocenters. The maximum absolute atomic E-state index is 13.4. The lowest BCUT2D eigenvalue weighted by molar-refractivity contribution is -0.121. The molecule has 0 bridgehead atoms. The lowest BCUT2D eigenvalue weighted by Crippen LogP contribution is -2.51. The Kier molecular flexibility index (Phi) is 9.06. The number of fused-ring (bicyclic) bond motifs is 1. The number of morpholine rings is 1. The first-order chi connectivity index (χ1) is 19.2. The molecule has 2 aromatic carbocycles. The van der Waals surface area contributed by atoms with Crippen LogP contribution in [0.25, 0.3) is 0 Å². The molecule has 1 saturated heterocycles. The third kappa shape index (κ3) is 6.66. The number of rotatable bonds is 11. The molecule has 1 aromatic heterocycles. The van der Waals surface area contributed by atoms with E-state index in [1.165, 1.54) is 21.2 Å². The van der Waals surface area contributed by atoms with Gasteiger partial charge in [0.15, 0.2) is 0 Å². The quantitative estimate of drug-likeness (QED) is 0.343. The summed E-state index contributed by atoms with van der Waals surface area (Å²) in [6.45, 7) is 6.83. The average Bonchev–Trinajstić information content (AvgIpc) is 3.67. The van der Waals surface area contributed by atoms with Crippen LogP contribution in [0, 0.1) is 0 Å². The summed E-state index contributed by atoms with van der Waals surface area (Å²) in [5.41, 5.74) is 3.42. The first-order valence-electron chi connectivity index (χ1n) is 13.4. The van der Waals surface area contributed by atoms with E-state index < -0.39 is 16.1 Å². The van der Waals surface area contributed by atoms with Crippen LogP contribution in [-0.4, -0.2) is 76.5 Å². The van der Waals surface area contributed by atoms with E-state index in [1.807, 2.05) is 30.0 Å². The topological polar surface area (TPSA) is 91.0 Å². The van der Waals surface area contributed by atoms with Crippen molar-refractivity contribution in [1.82, 2.24) is 10.2 Å². The Morgan fingerprint density at radius 1 is 1.15 bits per heavy atom. The number of para-hydroxylation sites is 1. The summed E-state index contributed by atoms with van der Waals surface area (Å²) in [5, 5.41) is 8.29. The van der Waals surface area contributed by atoms with Crippen LogP contribution in [0.15, 0.2) is 70.3 Å². The Balaban J connectivity index is 1.26. The molecule has 8 nitrogen and oxygen atoms in total. The molecule has 2 N–H and O–H groups in total. The Bertz CT molecular complexity index is 1400. The second-order valence-electron chi connectivity index (χ2n) is 10.4. The molecule has 0 aliphatic carbocycles. The van der Waals surface area contributed by atoms with E-state index in [0.717, 1.165) is 44.2 Å². The van der Waals surface area contributed by atoms with Gasteiger partial charge in [-0.1, -0.05) is 48.5 Å². The van der Waals surface area contributed by atoms with E-state index in [9.17, 15) is 13.2 Å². The van der Waals surface area contributed by atoms with Crippen molar-refractivity contribution in [2.45, 2.75) is 34.1 Å². The van der Waals surface area contributed by atoms with Crippen LogP contribution >= 0.6 is 23.1 Å². The summed E-state index contributed by atoms with van der Waals surface area (Å²) in [4.78, 5) is 15.9. The van der Waals surface area contributed by atoms with Crippen molar-refractivity contribution in [2.75, 3.05) is 56.1 Å². The van der Waals surface area contributed by atoms with Crippen LogP contribution in [0.3, 0.4) is 0 Å². The Morgan fingerprint density at radius 2 is 1.93 bits per heavy atom. The number of ether oxygens (including phenoxy) is 1. The van der Waals surface area contributed by atoms with Crippen LogP contribution in [-0.2, 0) is 31.7 Å². The van der Waals surface area contributed by atoms with Crippen LogP contribution in [0.2, 0.25) is 0 Å². The Labute approximate surface area is 245 Å². The number of thioether (sulfide) groups is 1. The van der Waals surface area contributed by atoms with Gasteiger partial charge >= 0.3 is 0 Å². The highest BCUT2D eigenvalue weighted by molar-refractivity contribution is 8.00. The molecule has 2 aliphatic heterocycles. The fraction of sp³-hybridized carbons (Fsp3) is 0.414. The normalized spacial score (nSPS) is 18.9. The summed E-state index contributed by atoms with van der Waals surface area (Å²) in [7, 11) is -2.13. The van der Waals surface area contributed by atoms with Gasteiger partial charge in [0.25, 0.3) is 10.0 Å². The summed E-state index contributed by atoms with van der Waals surface area (Å²) < 4.78 is 33.3. The molecule has 0 radical (unpaired) electrons. The van der Waals surface area contributed by atoms with Crippen LogP contribution in [0.4, 0.5) is 11.4 Å². The fourth-order valence-electron chi connectivity index (χ4n) is 5.08. The molecular weight excluding hydrogens is 565 g/mol. The number of hydrogen-bond donors (Lipinski definition) is 2. The average molecular weight is 601 g/mol. The highest BCUT2D eigenvalue weighted by Crippen LogP contribution is 2.38.